The number of ether oxygens (including phenoxy) is 1. The van der Waals surface area contributed by atoms with Gasteiger partial charge in [0, 0.05) is 19.2 Å². The molecule has 1 saturated heterocycles. The standard InChI is InChI=1S/C13H16N2O4/c16-12(4-3-10-2-1-7-19-10)15-11-8-9(13(17)18)5-6-14-11/h5-6,8,10H,1-4,7H2,(H,17,18)(H,14,15,16). The molecule has 1 aromatic rings. The lowest BCUT2D eigenvalue weighted by atomic mass is 10.1. The van der Waals surface area contributed by atoms with Gasteiger partial charge in [0.05, 0.1) is 11.7 Å². The van der Waals surface area contributed by atoms with Crippen LogP contribution in [0.4, 0.5) is 5.82 Å². The third-order valence-electron chi connectivity index (χ3n) is 2.99. The number of hydrogen-bond donors (Lipinski definition) is 2. The molecule has 2 rings (SSSR count). The Morgan fingerprint density at radius 1 is 1.53 bits per heavy atom. The van der Waals surface area contributed by atoms with Crippen molar-refractivity contribution in [3.63, 3.8) is 0 Å². The Labute approximate surface area is 110 Å². The van der Waals surface area contributed by atoms with Crippen LogP contribution in [-0.4, -0.2) is 34.7 Å². The molecule has 0 saturated carbocycles. The van der Waals surface area contributed by atoms with Gasteiger partial charge in [0.2, 0.25) is 5.91 Å². The predicted octanol–water partition coefficient (Wildman–Crippen LogP) is 1.68. The minimum atomic E-state index is -1.04. The van der Waals surface area contributed by atoms with Crippen LogP contribution >= 0.6 is 0 Å². The highest BCUT2D eigenvalue weighted by molar-refractivity contribution is 5.92. The zero-order chi connectivity index (χ0) is 13.7. The summed E-state index contributed by atoms with van der Waals surface area (Å²) in [6.45, 7) is 0.772. The highest BCUT2D eigenvalue weighted by Crippen LogP contribution is 2.17. The number of carbonyl (C=O) groups is 2. The number of anilines is 1. The Morgan fingerprint density at radius 2 is 2.37 bits per heavy atom. The van der Waals surface area contributed by atoms with Crippen molar-refractivity contribution in [2.45, 2.75) is 31.8 Å². The molecule has 1 aliphatic rings. The molecule has 0 aromatic carbocycles. The lowest BCUT2D eigenvalue weighted by Crippen LogP contribution is -2.16. The summed E-state index contributed by atoms with van der Waals surface area (Å²) < 4.78 is 5.43. The maximum Gasteiger partial charge on any atom is 0.335 e. The molecule has 102 valence electrons. The zero-order valence-electron chi connectivity index (χ0n) is 10.5. The van der Waals surface area contributed by atoms with Crippen molar-refractivity contribution in [3.05, 3.63) is 23.9 Å². The van der Waals surface area contributed by atoms with Crippen molar-refractivity contribution in [1.82, 2.24) is 4.98 Å². The zero-order valence-corrected chi connectivity index (χ0v) is 10.5. The van der Waals surface area contributed by atoms with Gasteiger partial charge in [0.25, 0.3) is 0 Å². The van der Waals surface area contributed by atoms with Gasteiger partial charge in [-0.2, -0.15) is 0 Å². The summed E-state index contributed by atoms with van der Waals surface area (Å²) in [5.41, 5.74) is 0.101. The summed E-state index contributed by atoms with van der Waals surface area (Å²) in [4.78, 5) is 26.4. The second kappa shape index (κ2) is 6.29. The SMILES string of the molecule is O=C(CCC1CCCO1)Nc1cc(C(=O)O)ccn1. The van der Waals surface area contributed by atoms with E-state index in [1.54, 1.807) is 0 Å². The Hall–Kier alpha value is -1.95. The van der Waals surface area contributed by atoms with E-state index in [-0.39, 0.29) is 23.4 Å². The van der Waals surface area contributed by atoms with Gasteiger partial charge in [-0.05, 0) is 31.4 Å². The van der Waals surface area contributed by atoms with E-state index in [1.165, 1.54) is 18.3 Å². The number of amides is 1. The monoisotopic (exact) mass is 264 g/mol. The molecule has 6 nitrogen and oxygen atoms in total. The van der Waals surface area contributed by atoms with Crippen LogP contribution in [-0.2, 0) is 9.53 Å². The number of carboxylic acids is 1. The average Bonchev–Trinajstić information content (AvgIpc) is 2.90. The fourth-order valence-corrected chi connectivity index (χ4v) is 2.00. The number of carboxylic acid groups (broad SMARTS) is 1. The van der Waals surface area contributed by atoms with Crippen LogP contribution < -0.4 is 5.32 Å². The Balaban J connectivity index is 1.84. The van der Waals surface area contributed by atoms with E-state index in [2.05, 4.69) is 10.3 Å². The van der Waals surface area contributed by atoms with E-state index in [1.807, 2.05) is 0 Å². The second-order valence-electron chi connectivity index (χ2n) is 4.46. The van der Waals surface area contributed by atoms with Crippen molar-refractivity contribution in [1.29, 1.82) is 0 Å². The van der Waals surface area contributed by atoms with E-state index >= 15 is 0 Å². The van der Waals surface area contributed by atoms with Crippen LogP contribution in [0, 0.1) is 0 Å². The molecule has 1 fully saturated rings. The van der Waals surface area contributed by atoms with Crippen LogP contribution in [0.15, 0.2) is 18.3 Å². The fraction of sp³-hybridized carbons (Fsp3) is 0.462. The van der Waals surface area contributed by atoms with Crippen LogP contribution in [0.25, 0.3) is 0 Å². The number of pyridine rings is 1. The number of carbonyl (C=O) groups excluding carboxylic acids is 1. The number of nitrogens with zero attached hydrogens (tertiary/aromatic N) is 1. The Kier molecular flexibility index (Phi) is 4.46. The first-order chi connectivity index (χ1) is 9.15. The molecule has 0 bridgehead atoms. The number of rotatable bonds is 5. The molecule has 2 N–H and O–H groups in total. The topological polar surface area (TPSA) is 88.5 Å². The first-order valence-corrected chi connectivity index (χ1v) is 6.26. The summed E-state index contributed by atoms with van der Waals surface area (Å²) in [7, 11) is 0. The van der Waals surface area contributed by atoms with Crippen molar-refractivity contribution in [2.75, 3.05) is 11.9 Å². The quantitative estimate of drug-likeness (QED) is 0.844. The van der Waals surface area contributed by atoms with E-state index in [0.29, 0.717) is 12.8 Å². The first-order valence-electron chi connectivity index (χ1n) is 6.26. The summed E-state index contributed by atoms with van der Waals surface area (Å²) in [5, 5.41) is 11.4. The van der Waals surface area contributed by atoms with Crippen molar-refractivity contribution in [2.24, 2.45) is 0 Å². The lowest BCUT2D eigenvalue weighted by molar-refractivity contribution is -0.116. The average molecular weight is 264 g/mol. The van der Waals surface area contributed by atoms with Gasteiger partial charge < -0.3 is 15.2 Å². The minimum absolute atomic E-state index is 0.101. The maximum absolute atomic E-state index is 11.7. The van der Waals surface area contributed by atoms with Crippen molar-refractivity contribution in [3.8, 4) is 0 Å². The van der Waals surface area contributed by atoms with Crippen LogP contribution in [0.1, 0.15) is 36.0 Å². The molecule has 2 heterocycles. The molecular weight excluding hydrogens is 248 g/mol. The van der Waals surface area contributed by atoms with Crippen LogP contribution in [0.3, 0.4) is 0 Å². The van der Waals surface area contributed by atoms with E-state index < -0.39 is 5.97 Å². The minimum Gasteiger partial charge on any atom is -0.478 e. The number of aromatic nitrogens is 1. The molecule has 19 heavy (non-hydrogen) atoms. The molecule has 0 radical (unpaired) electrons. The highest BCUT2D eigenvalue weighted by atomic mass is 16.5. The van der Waals surface area contributed by atoms with Gasteiger partial charge in [0.1, 0.15) is 5.82 Å². The smallest absolute Gasteiger partial charge is 0.335 e. The molecule has 0 aliphatic carbocycles. The number of hydrogen-bond acceptors (Lipinski definition) is 4. The van der Waals surface area contributed by atoms with Gasteiger partial charge in [0.15, 0.2) is 0 Å². The van der Waals surface area contributed by atoms with E-state index in [4.69, 9.17) is 9.84 Å². The molecule has 1 aromatic heterocycles. The van der Waals surface area contributed by atoms with Gasteiger partial charge in [-0.15, -0.1) is 0 Å². The van der Waals surface area contributed by atoms with Gasteiger partial charge in [-0.3, -0.25) is 4.79 Å². The summed E-state index contributed by atoms with van der Waals surface area (Å²) in [6.07, 6.45) is 4.62. The first kappa shape index (κ1) is 13.5. The third kappa shape index (κ3) is 4.03. The molecule has 6 heteroatoms. The van der Waals surface area contributed by atoms with Gasteiger partial charge in [-0.25, -0.2) is 9.78 Å². The molecule has 1 atom stereocenters. The molecule has 1 unspecified atom stereocenters. The number of nitrogens with one attached hydrogen (secondary N) is 1. The lowest BCUT2D eigenvalue weighted by Gasteiger charge is -2.09. The second-order valence-corrected chi connectivity index (χ2v) is 4.46. The number of aromatic carboxylic acids is 1. The maximum atomic E-state index is 11.7. The van der Waals surface area contributed by atoms with E-state index in [0.717, 1.165) is 19.4 Å². The van der Waals surface area contributed by atoms with Crippen molar-refractivity contribution >= 4 is 17.7 Å². The molecule has 0 spiro atoms. The molecule has 1 amide bonds. The third-order valence-corrected chi connectivity index (χ3v) is 2.99. The highest BCUT2D eigenvalue weighted by Gasteiger charge is 2.17. The normalized spacial score (nSPS) is 18.2. The summed E-state index contributed by atoms with van der Waals surface area (Å²) in [6, 6.07) is 2.72. The van der Waals surface area contributed by atoms with Gasteiger partial charge >= 0.3 is 5.97 Å². The fourth-order valence-electron chi connectivity index (χ4n) is 2.00. The van der Waals surface area contributed by atoms with E-state index in [9.17, 15) is 9.59 Å². The molecular formula is C13H16N2O4. The largest absolute Gasteiger partial charge is 0.478 e. The molecule has 1 aliphatic heterocycles. The summed E-state index contributed by atoms with van der Waals surface area (Å²) in [5.74, 6) is -0.958. The predicted molar refractivity (Wildman–Crippen MR) is 68.0 cm³/mol. The van der Waals surface area contributed by atoms with Gasteiger partial charge in [-0.1, -0.05) is 0 Å². The van der Waals surface area contributed by atoms with Crippen LogP contribution in [0.5, 0.6) is 0 Å². The van der Waals surface area contributed by atoms with Crippen molar-refractivity contribution < 1.29 is 19.4 Å². The van der Waals surface area contributed by atoms with Crippen LogP contribution in [0.2, 0.25) is 0 Å². The Bertz CT molecular complexity index is 469. The Morgan fingerprint density at radius 3 is 3.05 bits per heavy atom. The summed E-state index contributed by atoms with van der Waals surface area (Å²) >= 11 is 0.